The summed E-state index contributed by atoms with van der Waals surface area (Å²) in [5.74, 6) is 0.567. The van der Waals surface area contributed by atoms with E-state index < -0.39 is 0 Å². The predicted octanol–water partition coefficient (Wildman–Crippen LogP) is 3.13. The minimum absolute atomic E-state index is 0.106. The lowest BCUT2D eigenvalue weighted by atomic mass is 9.95. The van der Waals surface area contributed by atoms with Gasteiger partial charge in [0.05, 0.1) is 17.3 Å². The first-order valence-electron chi connectivity index (χ1n) is 11.5. The molecule has 3 aromatic rings. The van der Waals surface area contributed by atoms with Crippen molar-refractivity contribution in [3.8, 4) is 10.7 Å². The van der Waals surface area contributed by atoms with E-state index in [2.05, 4.69) is 15.0 Å². The van der Waals surface area contributed by atoms with Gasteiger partial charge in [-0.3, -0.25) is 14.5 Å². The van der Waals surface area contributed by atoms with Crippen LogP contribution in [0.4, 0.5) is 4.39 Å². The largest absolute Gasteiger partial charge is 0.340 e. The molecule has 0 aliphatic carbocycles. The molecule has 4 heterocycles. The van der Waals surface area contributed by atoms with E-state index in [0.29, 0.717) is 50.0 Å². The van der Waals surface area contributed by atoms with Crippen LogP contribution in [0.1, 0.15) is 29.1 Å². The maximum atomic E-state index is 13.2. The molecule has 2 aromatic heterocycles. The Hall–Kier alpha value is -3.11. The molecule has 1 aromatic carbocycles. The first-order valence-corrected chi connectivity index (χ1v) is 12.4. The van der Waals surface area contributed by atoms with E-state index in [1.807, 2.05) is 22.4 Å². The maximum Gasteiger partial charge on any atom is 0.253 e. The Morgan fingerprint density at radius 2 is 1.85 bits per heavy atom. The molecule has 2 aliphatic heterocycles. The molecular weight excluding hydrogens is 457 g/mol. The summed E-state index contributed by atoms with van der Waals surface area (Å²) < 4.78 is 18.6. The van der Waals surface area contributed by atoms with E-state index in [0.717, 1.165) is 30.8 Å². The fourth-order valence-electron chi connectivity index (χ4n) is 4.54. The summed E-state index contributed by atoms with van der Waals surface area (Å²) in [4.78, 5) is 37.3. The van der Waals surface area contributed by atoms with Gasteiger partial charge in [0, 0.05) is 44.8 Å². The minimum Gasteiger partial charge on any atom is -0.340 e. The van der Waals surface area contributed by atoms with Gasteiger partial charge in [-0.05, 0) is 48.6 Å². The molecule has 0 saturated carbocycles. The van der Waals surface area contributed by atoms with E-state index in [1.54, 1.807) is 16.2 Å². The number of thiophene rings is 1. The number of nitrogens with zero attached hydrogens (tertiary/aromatic N) is 5. The lowest BCUT2D eigenvalue weighted by Gasteiger charge is -2.38. The highest BCUT2D eigenvalue weighted by Gasteiger charge is 2.33. The van der Waals surface area contributed by atoms with Crippen LogP contribution >= 0.6 is 11.3 Å². The van der Waals surface area contributed by atoms with Crippen molar-refractivity contribution in [2.75, 3.05) is 39.3 Å². The number of likely N-dealkylation sites (tertiary alicyclic amines) is 1. The predicted molar refractivity (Wildman–Crippen MR) is 124 cm³/mol. The number of piperidine rings is 1. The van der Waals surface area contributed by atoms with Gasteiger partial charge in [0.2, 0.25) is 17.6 Å². The van der Waals surface area contributed by atoms with E-state index >= 15 is 0 Å². The van der Waals surface area contributed by atoms with E-state index in [9.17, 15) is 14.0 Å². The van der Waals surface area contributed by atoms with Crippen LogP contribution < -0.4 is 0 Å². The number of aromatic nitrogens is 2. The lowest BCUT2D eigenvalue weighted by molar-refractivity contribution is -0.138. The van der Waals surface area contributed by atoms with Gasteiger partial charge in [-0.15, -0.1) is 11.3 Å². The zero-order valence-corrected chi connectivity index (χ0v) is 19.5. The van der Waals surface area contributed by atoms with Gasteiger partial charge in [0.15, 0.2) is 0 Å². The van der Waals surface area contributed by atoms with Crippen molar-refractivity contribution in [3.05, 3.63) is 59.0 Å². The van der Waals surface area contributed by atoms with Crippen LogP contribution in [-0.4, -0.2) is 75.9 Å². The van der Waals surface area contributed by atoms with Gasteiger partial charge >= 0.3 is 0 Å². The quantitative estimate of drug-likeness (QED) is 0.555. The van der Waals surface area contributed by atoms with Crippen molar-refractivity contribution in [1.29, 1.82) is 0 Å². The molecule has 2 saturated heterocycles. The summed E-state index contributed by atoms with van der Waals surface area (Å²) in [5, 5.41) is 6.04. The highest BCUT2D eigenvalue weighted by Crippen LogP contribution is 2.23. The fraction of sp³-hybridized carbons (Fsp3) is 0.417. The molecule has 2 aliphatic rings. The number of amides is 2. The number of carbonyl (C=O) groups is 2. The Kier molecular flexibility index (Phi) is 6.68. The fourth-order valence-corrected chi connectivity index (χ4v) is 5.19. The number of halogens is 1. The van der Waals surface area contributed by atoms with Crippen molar-refractivity contribution < 1.29 is 18.5 Å². The van der Waals surface area contributed by atoms with Crippen molar-refractivity contribution in [1.82, 2.24) is 24.8 Å². The molecule has 0 radical (unpaired) electrons. The monoisotopic (exact) mass is 483 g/mol. The van der Waals surface area contributed by atoms with Gasteiger partial charge in [0.25, 0.3) is 5.91 Å². The van der Waals surface area contributed by atoms with Crippen LogP contribution in [0, 0.1) is 11.7 Å². The van der Waals surface area contributed by atoms with Crippen LogP contribution in [0.15, 0.2) is 46.3 Å². The highest BCUT2D eigenvalue weighted by atomic mass is 32.1. The topological polar surface area (TPSA) is 82.8 Å². The third-order valence-electron chi connectivity index (χ3n) is 6.40. The third-order valence-corrected chi connectivity index (χ3v) is 7.27. The molecule has 10 heteroatoms. The summed E-state index contributed by atoms with van der Waals surface area (Å²) in [6.45, 7) is 4.30. The Morgan fingerprint density at radius 1 is 1.06 bits per heavy atom. The molecule has 2 fully saturated rings. The highest BCUT2D eigenvalue weighted by molar-refractivity contribution is 7.13. The molecule has 8 nitrogen and oxygen atoms in total. The summed E-state index contributed by atoms with van der Waals surface area (Å²) in [7, 11) is 0. The molecule has 178 valence electrons. The molecule has 5 rings (SSSR count). The molecule has 0 spiro atoms. The number of hydrogen-bond donors (Lipinski definition) is 0. The average Bonchev–Trinajstić information content (AvgIpc) is 3.57. The number of rotatable bonds is 5. The number of benzene rings is 1. The lowest BCUT2D eigenvalue weighted by Crippen LogP contribution is -2.52. The first kappa shape index (κ1) is 22.7. The van der Waals surface area contributed by atoms with Crippen molar-refractivity contribution in [2.24, 2.45) is 5.92 Å². The minimum atomic E-state index is -0.371. The van der Waals surface area contributed by atoms with Crippen LogP contribution in [0.2, 0.25) is 0 Å². The molecule has 1 unspecified atom stereocenters. The van der Waals surface area contributed by atoms with E-state index in [1.165, 1.54) is 24.3 Å². The van der Waals surface area contributed by atoms with E-state index in [4.69, 9.17) is 4.52 Å². The Balaban J connectivity index is 1.12. The zero-order valence-electron chi connectivity index (χ0n) is 18.7. The molecule has 1 atom stereocenters. The zero-order chi connectivity index (χ0) is 23.5. The number of carbonyl (C=O) groups excluding carboxylic acids is 2. The van der Waals surface area contributed by atoms with Crippen molar-refractivity contribution in [3.63, 3.8) is 0 Å². The van der Waals surface area contributed by atoms with Crippen molar-refractivity contribution >= 4 is 23.2 Å². The van der Waals surface area contributed by atoms with Gasteiger partial charge in [-0.1, -0.05) is 11.2 Å². The maximum absolute atomic E-state index is 13.2. The Labute approximate surface area is 201 Å². The van der Waals surface area contributed by atoms with Crippen LogP contribution in [0.25, 0.3) is 10.7 Å². The van der Waals surface area contributed by atoms with Crippen LogP contribution in [0.5, 0.6) is 0 Å². The normalized spacial score (nSPS) is 19.4. The standard InChI is InChI=1S/C24H26FN5O3S/c25-19-7-5-17(6-8-19)23(31)30-9-1-3-18(15-30)24(32)29-12-10-28(11-13-29)16-21-26-22(27-33-21)20-4-2-14-34-20/h2,4-8,14,18H,1,3,9-13,15-16H2. The average molecular weight is 484 g/mol. The molecule has 34 heavy (non-hydrogen) atoms. The van der Waals surface area contributed by atoms with Crippen molar-refractivity contribution in [2.45, 2.75) is 19.4 Å². The molecule has 0 bridgehead atoms. The van der Waals surface area contributed by atoms with Gasteiger partial charge in [-0.25, -0.2) is 4.39 Å². The Morgan fingerprint density at radius 3 is 2.59 bits per heavy atom. The van der Waals surface area contributed by atoms with Gasteiger partial charge in [0.1, 0.15) is 5.82 Å². The summed E-state index contributed by atoms with van der Waals surface area (Å²) in [6.07, 6.45) is 1.56. The molecular formula is C24H26FN5O3S. The second-order valence-corrected chi connectivity index (χ2v) is 9.64. The third kappa shape index (κ3) is 5.02. The van der Waals surface area contributed by atoms with E-state index in [-0.39, 0.29) is 23.5 Å². The number of hydrogen-bond acceptors (Lipinski definition) is 7. The summed E-state index contributed by atoms with van der Waals surface area (Å²) >= 11 is 1.57. The second-order valence-electron chi connectivity index (χ2n) is 8.69. The Bertz CT molecular complexity index is 1130. The SMILES string of the molecule is O=C(c1ccc(F)cc1)N1CCCC(C(=O)N2CCN(Cc3nc(-c4cccs4)no3)CC2)C1. The van der Waals surface area contributed by atoms with Crippen LogP contribution in [0.3, 0.4) is 0 Å². The first-order chi connectivity index (χ1) is 16.6. The van der Waals surface area contributed by atoms with Gasteiger partial charge < -0.3 is 14.3 Å². The van der Waals surface area contributed by atoms with Gasteiger partial charge in [-0.2, -0.15) is 4.98 Å². The number of piperazine rings is 1. The smallest absolute Gasteiger partial charge is 0.253 e. The second kappa shape index (κ2) is 10.0. The summed E-state index contributed by atoms with van der Waals surface area (Å²) in [6, 6.07) is 9.48. The summed E-state index contributed by atoms with van der Waals surface area (Å²) in [5.41, 5.74) is 0.450. The molecule has 2 amide bonds. The van der Waals surface area contributed by atoms with Crippen LogP contribution in [-0.2, 0) is 11.3 Å². The molecule has 0 N–H and O–H groups in total.